The van der Waals surface area contributed by atoms with Gasteiger partial charge in [0.15, 0.2) is 0 Å². The maximum absolute atomic E-state index is 11.1. The summed E-state index contributed by atoms with van der Waals surface area (Å²) in [5, 5.41) is 0. The highest BCUT2D eigenvalue weighted by atomic mass is 16.5. The van der Waals surface area contributed by atoms with Crippen LogP contribution in [0.2, 0.25) is 0 Å². The van der Waals surface area contributed by atoms with Crippen LogP contribution in [0.25, 0.3) is 5.57 Å². The Morgan fingerprint density at radius 1 is 1.31 bits per heavy atom. The molecule has 2 nitrogen and oxygen atoms in total. The van der Waals surface area contributed by atoms with E-state index in [0.717, 1.165) is 11.1 Å². The van der Waals surface area contributed by atoms with Gasteiger partial charge in [0, 0.05) is 0 Å². The van der Waals surface area contributed by atoms with E-state index in [2.05, 4.69) is 4.74 Å². The largest absolute Gasteiger partial charge is 0.468 e. The number of hydrogen-bond acceptors (Lipinski definition) is 2. The molecule has 0 bridgehead atoms. The molecule has 0 heterocycles. The minimum absolute atomic E-state index is 0.104. The van der Waals surface area contributed by atoms with Gasteiger partial charge in [-0.1, -0.05) is 36.4 Å². The van der Waals surface area contributed by atoms with Gasteiger partial charge in [0.25, 0.3) is 0 Å². The molecule has 0 radical (unpaired) electrons. The summed E-state index contributed by atoms with van der Waals surface area (Å²) < 4.78 is 4.63. The summed E-state index contributed by atoms with van der Waals surface area (Å²) in [6, 6.07) is 9.87. The van der Waals surface area contributed by atoms with Crippen molar-refractivity contribution in [2.24, 2.45) is 5.92 Å². The van der Waals surface area contributed by atoms with Gasteiger partial charge in [0.1, 0.15) is 5.92 Å². The molecule has 0 spiro atoms. The van der Waals surface area contributed by atoms with Crippen LogP contribution in [0, 0.1) is 5.92 Å². The van der Waals surface area contributed by atoms with Crippen molar-refractivity contribution in [1.29, 1.82) is 0 Å². The Morgan fingerprint density at radius 2 is 2.00 bits per heavy atom. The molecule has 0 amide bonds. The van der Waals surface area contributed by atoms with Gasteiger partial charge in [-0.15, -0.1) is 0 Å². The van der Waals surface area contributed by atoms with Gasteiger partial charge < -0.3 is 4.74 Å². The first-order valence-electron chi connectivity index (χ1n) is 4.18. The van der Waals surface area contributed by atoms with E-state index in [0.29, 0.717) is 0 Å². The van der Waals surface area contributed by atoms with E-state index in [1.54, 1.807) is 0 Å². The van der Waals surface area contributed by atoms with Crippen molar-refractivity contribution < 1.29 is 9.53 Å². The summed E-state index contributed by atoms with van der Waals surface area (Å²) in [7, 11) is 1.41. The summed E-state index contributed by atoms with van der Waals surface area (Å²) in [6.07, 6.45) is 1.92. The minimum atomic E-state index is -0.168. The van der Waals surface area contributed by atoms with Gasteiger partial charge >= 0.3 is 5.97 Å². The van der Waals surface area contributed by atoms with Crippen LogP contribution in [0.1, 0.15) is 5.56 Å². The molecule has 0 aromatic heterocycles. The van der Waals surface area contributed by atoms with Gasteiger partial charge in [-0.05, 0) is 11.1 Å². The quantitative estimate of drug-likeness (QED) is 0.640. The van der Waals surface area contributed by atoms with Gasteiger partial charge in [-0.2, -0.15) is 0 Å². The number of ether oxygens (including phenoxy) is 1. The molecule has 2 heteroatoms. The van der Waals surface area contributed by atoms with Crippen LogP contribution in [0.4, 0.5) is 0 Å². The lowest BCUT2D eigenvalue weighted by Crippen LogP contribution is -2.04. The topological polar surface area (TPSA) is 26.3 Å². The zero-order chi connectivity index (χ0) is 9.26. The second-order valence-corrected chi connectivity index (χ2v) is 2.99. The molecule has 66 valence electrons. The van der Waals surface area contributed by atoms with Gasteiger partial charge in [0.2, 0.25) is 0 Å². The van der Waals surface area contributed by atoms with E-state index >= 15 is 0 Å². The number of rotatable bonds is 2. The van der Waals surface area contributed by atoms with Crippen molar-refractivity contribution in [3.63, 3.8) is 0 Å². The molecule has 0 N–H and O–H groups in total. The summed E-state index contributed by atoms with van der Waals surface area (Å²) >= 11 is 0. The third kappa shape index (κ3) is 1.47. The highest BCUT2D eigenvalue weighted by Gasteiger charge is 2.33. The van der Waals surface area contributed by atoms with Crippen molar-refractivity contribution in [2.45, 2.75) is 0 Å². The third-order valence-electron chi connectivity index (χ3n) is 2.13. The number of carbonyl (C=O) groups excluding carboxylic acids is 1. The fourth-order valence-electron chi connectivity index (χ4n) is 1.36. The van der Waals surface area contributed by atoms with E-state index in [4.69, 9.17) is 0 Å². The summed E-state index contributed by atoms with van der Waals surface area (Å²) in [6.45, 7) is 0. The summed E-state index contributed by atoms with van der Waals surface area (Å²) in [5.41, 5.74) is 2.19. The third-order valence-corrected chi connectivity index (χ3v) is 2.13. The molecule has 0 fully saturated rings. The first-order chi connectivity index (χ1) is 6.33. The zero-order valence-corrected chi connectivity index (χ0v) is 7.36. The molecular weight excluding hydrogens is 164 g/mol. The highest BCUT2D eigenvalue weighted by molar-refractivity contribution is 6.00. The standard InChI is InChI=1S/C11H10O2/c1-13-11(12)10-7-9(10)8-5-3-2-4-6-8/h2-7,10H,1H3. The van der Waals surface area contributed by atoms with E-state index in [1.165, 1.54) is 7.11 Å². The lowest BCUT2D eigenvalue weighted by Gasteiger charge is -1.98. The molecule has 0 saturated heterocycles. The lowest BCUT2D eigenvalue weighted by molar-refractivity contribution is -0.141. The number of carbonyl (C=O) groups is 1. The molecule has 1 aliphatic carbocycles. The molecule has 13 heavy (non-hydrogen) atoms. The molecule has 0 saturated carbocycles. The Kier molecular flexibility index (Phi) is 1.89. The Labute approximate surface area is 76.8 Å². The Bertz CT molecular complexity index is 352. The minimum Gasteiger partial charge on any atom is -0.468 e. The van der Waals surface area contributed by atoms with Crippen LogP contribution in [0.3, 0.4) is 0 Å². The molecule has 1 unspecified atom stereocenters. The summed E-state index contributed by atoms with van der Waals surface area (Å²) in [4.78, 5) is 11.1. The van der Waals surface area contributed by atoms with E-state index < -0.39 is 0 Å². The van der Waals surface area contributed by atoms with Gasteiger partial charge in [-0.3, -0.25) is 4.79 Å². The van der Waals surface area contributed by atoms with Crippen LogP contribution in [0.15, 0.2) is 36.4 Å². The fourth-order valence-corrected chi connectivity index (χ4v) is 1.36. The van der Waals surface area contributed by atoms with E-state index in [-0.39, 0.29) is 11.9 Å². The van der Waals surface area contributed by atoms with Gasteiger partial charge in [-0.25, -0.2) is 0 Å². The van der Waals surface area contributed by atoms with Gasteiger partial charge in [0.05, 0.1) is 7.11 Å². The Balaban J connectivity index is 2.08. The van der Waals surface area contributed by atoms with Crippen molar-refractivity contribution >= 4 is 11.5 Å². The van der Waals surface area contributed by atoms with E-state index in [9.17, 15) is 4.79 Å². The number of esters is 1. The Morgan fingerprint density at radius 3 is 2.62 bits per heavy atom. The maximum atomic E-state index is 11.1. The molecule has 1 aromatic carbocycles. The molecule has 2 rings (SSSR count). The maximum Gasteiger partial charge on any atom is 0.317 e. The van der Waals surface area contributed by atoms with Crippen LogP contribution in [-0.2, 0) is 9.53 Å². The number of methoxy groups -OCH3 is 1. The SMILES string of the molecule is COC(=O)C1C=C1c1ccccc1. The van der Waals surface area contributed by atoms with Crippen LogP contribution >= 0.6 is 0 Å². The monoisotopic (exact) mass is 174 g/mol. The zero-order valence-electron chi connectivity index (χ0n) is 7.36. The average molecular weight is 174 g/mol. The number of benzene rings is 1. The van der Waals surface area contributed by atoms with Crippen LogP contribution in [0.5, 0.6) is 0 Å². The Hall–Kier alpha value is -1.57. The van der Waals surface area contributed by atoms with E-state index in [1.807, 2.05) is 36.4 Å². The predicted molar refractivity (Wildman–Crippen MR) is 49.9 cm³/mol. The van der Waals surface area contributed by atoms with Crippen molar-refractivity contribution in [3.8, 4) is 0 Å². The smallest absolute Gasteiger partial charge is 0.317 e. The average Bonchev–Trinajstić information content (AvgIpc) is 2.98. The van der Waals surface area contributed by atoms with Crippen molar-refractivity contribution in [3.05, 3.63) is 42.0 Å². The molecule has 0 aliphatic heterocycles. The first-order valence-corrected chi connectivity index (χ1v) is 4.18. The summed E-state index contributed by atoms with van der Waals surface area (Å²) in [5.74, 6) is -0.272. The highest BCUT2D eigenvalue weighted by Crippen LogP contribution is 2.38. The molecule has 1 aromatic rings. The van der Waals surface area contributed by atoms with Crippen LogP contribution < -0.4 is 0 Å². The predicted octanol–water partition coefficient (Wildman–Crippen LogP) is 1.87. The van der Waals surface area contributed by atoms with Crippen LogP contribution in [-0.4, -0.2) is 13.1 Å². The van der Waals surface area contributed by atoms with Crippen molar-refractivity contribution in [1.82, 2.24) is 0 Å². The molecule has 1 atom stereocenters. The first kappa shape index (κ1) is 8.05. The lowest BCUT2D eigenvalue weighted by atomic mass is 10.1. The second kappa shape index (κ2) is 3.05. The fraction of sp³-hybridized carbons (Fsp3) is 0.182. The second-order valence-electron chi connectivity index (χ2n) is 2.99. The van der Waals surface area contributed by atoms with Crippen molar-refractivity contribution in [2.75, 3.05) is 7.11 Å². The molecule has 1 aliphatic rings. The normalized spacial score (nSPS) is 19.2. The molecular formula is C11H10O2. The number of hydrogen-bond donors (Lipinski definition) is 0.